The molecule has 3 aromatic rings. The molecule has 0 aliphatic carbocycles. The van der Waals surface area contributed by atoms with Crippen LogP contribution in [0.1, 0.15) is 52.3 Å². The number of alkyl halides is 3. The van der Waals surface area contributed by atoms with Gasteiger partial charge in [-0.15, -0.1) is 0 Å². The molecule has 188 valence electrons. The van der Waals surface area contributed by atoms with Crippen LogP contribution in [-0.4, -0.2) is 34.1 Å². The topological polar surface area (TPSA) is 77.0 Å². The number of esters is 1. The maximum absolute atomic E-state index is 13.1. The summed E-state index contributed by atoms with van der Waals surface area (Å²) in [6.45, 7) is 13.6. The lowest BCUT2D eigenvalue weighted by Crippen LogP contribution is -2.16. The third kappa shape index (κ3) is 9.25. The summed E-state index contributed by atoms with van der Waals surface area (Å²) in [6.07, 6.45) is -3.36. The van der Waals surface area contributed by atoms with E-state index < -0.39 is 24.4 Å². The van der Waals surface area contributed by atoms with Crippen molar-refractivity contribution >= 4 is 12.8 Å². The smallest absolute Gasteiger partial charge is 0.435 e. The van der Waals surface area contributed by atoms with E-state index in [-0.39, 0.29) is 12.3 Å². The van der Waals surface area contributed by atoms with E-state index in [1.54, 1.807) is 19.1 Å². The average Bonchev–Trinajstić information content (AvgIpc) is 3.44. The highest BCUT2D eigenvalue weighted by Gasteiger charge is 2.35. The molecule has 6 nitrogen and oxygen atoms in total. The van der Waals surface area contributed by atoms with Crippen LogP contribution in [0.2, 0.25) is 0 Å². The number of hydrogen-bond acceptors (Lipinski definition) is 4. The molecule has 1 aromatic carbocycles. The predicted octanol–water partition coefficient (Wildman–Crippen LogP) is 6.69. The van der Waals surface area contributed by atoms with Gasteiger partial charge >= 0.3 is 12.1 Å². The van der Waals surface area contributed by atoms with Gasteiger partial charge in [-0.1, -0.05) is 57.9 Å². The maximum atomic E-state index is 13.1. The van der Waals surface area contributed by atoms with Crippen LogP contribution >= 0.6 is 0 Å². The number of halogens is 3. The molecule has 0 radical (unpaired) electrons. The Morgan fingerprint density at radius 3 is 2.18 bits per heavy atom. The molecule has 3 rings (SSSR count). The van der Waals surface area contributed by atoms with Crippen molar-refractivity contribution in [2.24, 2.45) is 0 Å². The first-order valence-corrected chi connectivity index (χ1v) is 11.1. The zero-order valence-corrected chi connectivity index (χ0v) is 20.6. The van der Waals surface area contributed by atoms with E-state index in [2.05, 4.69) is 23.9 Å². The van der Waals surface area contributed by atoms with Gasteiger partial charge in [-0.05, 0) is 43.7 Å². The summed E-state index contributed by atoms with van der Waals surface area (Å²) in [5.41, 5.74) is 2.26. The van der Waals surface area contributed by atoms with Crippen molar-refractivity contribution in [2.45, 2.75) is 60.7 Å². The van der Waals surface area contributed by atoms with Gasteiger partial charge < -0.3 is 14.5 Å². The second-order valence-electron chi connectivity index (χ2n) is 6.74. The summed E-state index contributed by atoms with van der Waals surface area (Å²) < 4.78 is 45.1. The predicted molar refractivity (Wildman–Crippen MR) is 128 cm³/mol. The Labute approximate surface area is 199 Å². The van der Waals surface area contributed by atoms with E-state index in [0.29, 0.717) is 5.69 Å². The first-order valence-electron chi connectivity index (χ1n) is 11.1. The van der Waals surface area contributed by atoms with Gasteiger partial charge in [0.05, 0.1) is 18.0 Å². The fourth-order valence-electron chi connectivity index (χ4n) is 2.75. The van der Waals surface area contributed by atoms with Crippen LogP contribution in [0.5, 0.6) is 0 Å². The van der Waals surface area contributed by atoms with E-state index >= 15 is 0 Å². The minimum Gasteiger partial charge on any atom is -0.465 e. The molecule has 34 heavy (non-hydrogen) atoms. The molecular weight excluding hydrogens is 447 g/mol. The van der Waals surface area contributed by atoms with Crippen molar-refractivity contribution in [3.8, 4) is 22.6 Å². The maximum Gasteiger partial charge on any atom is 0.435 e. The Hall–Kier alpha value is -3.36. The Morgan fingerprint density at radius 2 is 1.65 bits per heavy atom. The lowest BCUT2D eigenvalue weighted by Gasteiger charge is -2.06. The molecular formula is C25H34F3N3O3. The number of nitrogens with one attached hydrogen (secondary N) is 1. The molecule has 0 atom stereocenters. The van der Waals surface area contributed by atoms with E-state index in [9.17, 15) is 18.0 Å². The average molecular weight is 482 g/mol. The van der Waals surface area contributed by atoms with Gasteiger partial charge in [0.25, 0.3) is 0 Å². The molecule has 2 heterocycles. The fraction of sp³-hybridized carbons (Fsp3) is 0.400. The van der Waals surface area contributed by atoms with E-state index in [1.807, 2.05) is 51.8 Å². The number of benzene rings is 1. The van der Waals surface area contributed by atoms with Crippen molar-refractivity contribution in [1.82, 2.24) is 14.8 Å². The molecule has 0 aliphatic rings. The Bertz CT molecular complexity index is 995. The summed E-state index contributed by atoms with van der Waals surface area (Å²) in [4.78, 5) is 22.8. The van der Waals surface area contributed by atoms with E-state index in [1.165, 1.54) is 6.42 Å². The zero-order valence-electron chi connectivity index (χ0n) is 20.6. The van der Waals surface area contributed by atoms with Gasteiger partial charge in [-0.3, -0.25) is 9.48 Å². The van der Waals surface area contributed by atoms with Gasteiger partial charge in [0.15, 0.2) is 5.69 Å². The van der Waals surface area contributed by atoms with Gasteiger partial charge in [0.1, 0.15) is 13.3 Å². The standard InChI is InChI=1S/C19H18F3N3O2.C3H8.C2H6.CH2O/c1-3-27-18(26)11-25-16(10-17(24-25)19(20,21)22)15-8-7-14(23-15)13-6-4-5-12(2)9-13;1-3-2;2*1-2/h4-10,23H,3,11H2,1-2H3;3H2,1-2H3;1-2H3;1H2. The highest BCUT2D eigenvalue weighted by molar-refractivity contribution is 5.71. The number of nitrogens with zero attached hydrogens (tertiary/aromatic N) is 2. The Morgan fingerprint density at radius 1 is 1.06 bits per heavy atom. The largest absolute Gasteiger partial charge is 0.465 e. The van der Waals surface area contributed by atoms with E-state index in [0.717, 1.165) is 27.6 Å². The van der Waals surface area contributed by atoms with Crippen LogP contribution < -0.4 is 0 Å². The van der Waals surface area contributed by atoms with Crippen LogP contribution in [0.25, 0.3) is 22.6 Å². The van der Waals surface area contributed by atoms with Gasteiger partial charge in [-0.25, -0.2) is 0 Å². The fourth-order valence-corrected chi connectivity index (χ4v) is 2.75. The molecule has 0 unspecified atom stereocenters. The summed E-state index contributed by atoms with van der Waals surface area (Å²) in [5.74, 6) is -0.652. The Balaban J connectivity index is 0.00000141. The van der Waals surface area contributed by atoms with Crippen molar-refractivity contribution in [1.29, 1.82) is 0 Å². The number of carbonyl (C=O) groups excluding carboxylic acids is 2. The molecule has 1 N–H and O–H groups in total. The van der Waals surface area contributed by atoms with E-state index in [4.69, 9.17) is 9.53 Å². The first-order chi connectivity index (χ1) is 16.2. The third-order valence-corrected chi connectivity index (χ3v) is 3.95. The van der Waals surface area contributed by atoms with Crippen molar-refractivity contribution in [2.75, 3.05) is 6.61 Å². The quantitative estimate of drug-likeness (QED) is 0.412. The van der Waals surface area contributed by atoms with Gasteiger partial charge in [-0.2, -0.15) is 18.3 Å². The summed E-state index contributed by atoms with van der Waals surface area (Å²) >= 11 is 0. The van der Waals surface area contributed by atoms with Crippen molar-refractivity contribution < 1.29 is 27.5 Å². The van der Waals surface area contributed by atoms with Crippen LogP contribution in [-0.2, 0) is 27.0 Å². The molecule has 0 bridgehead atoms. The highest BCUT2D eigenvalue weighted by Crippen LogP contribution is 2.32. The van der Waals surface area contributed by atoms with Gasteiger partial charge in [0.2, 0.25) is 0 Å². The van der Waals surface area contributed by atoms with Crippen LogP contribution in [0, 0.1) is 6.92 Å². The van der Waals surface area contributed by atoms with Crippen molar-refractivity contribution in [3.05, 3.63) is 53.7 Å². The SMILES string of the molecule is C=O.CC.CCC.CCOC(=O)Cn1nc(C(F)(F)F)cc1-c1ccc(-c2cccc(C)c2)[nH]1. The number of H-pyrrole nitrogens is 1. The normalized spacial score (nSPS) is 10.0. The molecule has 0 saturated carbocycles. The minimum absolute atomic E-state index is 0.140. The number of hydrogen-bond donors (Lipinski definition) is 1. The second-order valence-corrected chi connectivity index (χ2v) is 6.74. The van der Waals surface area contributed by atoms with Crippen LogP contribution in [0.15, 0.2) is 42.5 Å². The van der Waals surface area contributed by atoms with Crippen molar-refractivity contribution in [3.63, 3.8) is 0 Å². The zero-order chi connectivity index (χ0) is 26.3. The van der Waals surface area contributed by atoms with Gasteiger partial charge in [0, 0.05) is 5.69 Å². The minimum atomic E-state index is -4.61. The summed E-state index contributed by atoms with van der Waals surface area (Å²) in [5, 5.41) is 3.55. The number of aromatic amines is 1. The molecule has 0 saturated heterocycles. The second kappa shape index (κ2) is 15.5. The lowest BCUT2D eigenvalue weighted by atomic mass is 10.1. The molecule has 0 fully saturated rings. The Kier molecular flexibility index (Phi) is 13.9. The molecule has 0 amide bonds. The molecule has 2 aromatic heterocycles. The summed E-state index contributed by atoms with van der Waals surface area (Å²) in [6, 6.07) is 12.1. The molecule has 9 heteroatoms. The van der Waals surface area contributed by atoms with Crippen LogP contribution in [0.4, 0.5) is 13.2 Å². The number of carbonyl (C=O) groups is 2. The number of aromatic nitrogens is 3. The number of ether oxygens (including phenoxy) is 1. The number of aryl methyl sites for hydroxylation is 1. The lowest BCUT2D eigenvalue weighted by molar-refractivity contribution is -0.146. The summed E-state index contributed by atoms with van der Waals surface area (Å²) in [7, 11) is 0. The monoisotopic (exact) mass is 481 g/mol. The molecule has 0 spiro atoms. The highest BCUT2D eigenvalue weighted by atomic mass is 19.4. The molecule has 0 aliphatic heterocycles. The third-order valence-electron chi connectivity index (χ3n) is 3.95. The van der Waals surface area contributed by atoms with Crippen LogP contribution in [0.3, 0.4) is 0 Å². The number of rotatable bonds is 5. The first kappa shape index (κ1) is 30.6.